The van der Waals surface area contributed by atoms with Crippen LogP contribution in [0.1, 0.15) is 116 Å². The van der Waals surface area contributed by atoms with E-state index in [2.05, 4.69) is 29.1 Å². The van der Waals surface area contributed by atoms with Crippen molar-refractivity contribution in [2.24, 2.45) is 5.92 Å². The van der Waals surface area contributed by atoms with Gasteiger partial charge in [0.05, 0.1) is 12.5 Å². The summed E-state index contributed by atoms with van der Waals surface area (Å²) in [6, 6.07) is 8.73. The SMILES string of the molecule is C=CCCCCCCCCCNC(=O)[C@H](CCCCNC(=O)OC(C)(C)C)NC(=O)[C@H](CCCC=C)CN(C=O)OCc1ccccc1. The summed E-state index contributed by atoms with van der Waals surface area (Å²) in [6.45, 7) is 14.1. The summed E-state index contributed by atoms with van der Waals surface area (Å²) >= 11 is 0. The van der Waals surface area contributed by atoms with E-state index in [0.29, 0.717) is 51.6 Å². The van der Waals surface area contributed by atoms with Crippen LogP contribution in [-0.4, -0.2) is 60.7 Å². The molecule has 2 atom stereocenters. The van der Waals surface area contributed by atoms with Crippen LogP contribution in [0.5, 0.6) is 0 Å². The lowest BCUT2D eigenvalue weighted by Gasteiger charge is -2.26. The van der Waals surface area contributed by atoms with E-state index in [0.717, 1.165) is 42.7 Å². The van der Waals surface area contributed by atoms with Gasteiger partial charge in [-0.15, -0.1) is 13.2 Å². The van der Waals surface area contributed by atoms with Crippen LogP contribution < -0.4 is 16.0 Å². The number of hydroxylamine groups is 2. The number of hydrogen-bond acceptors (Lipinski definition) is 6. The molecular formula is C38H62N4O6. The zero-order valence-corrected chi connectivity index (χ0v) is 29.8. The molecule has 0 fully saturated rings. The molecule has 48 heavy (non-hydrogen) atoms. The third kappa shape index (κ3) is 22.0. The number of amides is 4. The molecule has 1 aromatic rings. The van der Waals surface area contributed by atoms with Gasteiger partial charge in [0.2, 0.25) is 18.2 Å². The standard InChI is InChI=1S/C38H62N4O6/c1-6-8-10-11-12-13-14-15-21-27-39-36(45)34(26-20-22-28-40-37(46)48-38(3,4)5)41-35(44)33(25-17-9-7-2)29-42(31-43)47-30-32-23-18-16-19-24-32/h6-7,16,18-19,23-24,31,33-34H,1-2,8-15,17,20-22,25-30H2,3-5H3,(H,39,45)(H,40,46)(H,41,44)/t33-,34+/m1/s1. The van der Waals surface area contributed by atoms with Crippen molar-refractivity contribution in [3.05, 3.63) is 61.2 Å². The number of nitrogens with one attached hydrogen (secondary N) is 3. The maximum Gasteiger partial charge on any atom is 0.407 e. The summed E-state index contributed by atoms with van der Waals surface area (Å²) in [5.74, 6) is -1.12. The number of allylic oxidation sites excluding steroid dienone is 2. The van der Waals surface area contributed by atoms with Crippen LogP contribution in [-0.2, 0) is 30.6 Å². The first-order chi connectivity index (χ1) is 23.1. The first-order valence-corrected chi connectivity index (χ1v) is 17.7. The molecule has 0 radical (unpaired) electrons. The minimum Gasteiger partial charge on any atom is -0.444 e. The number of rotatable bonds is 28. The van der Waals surface area contributed by atoms with E-state index in [-0.39, 0.29) is 25.0 Å². The van der Waals surface area contributed by atoms with Crippen LogP contribution in [0.15, 0.2) is 55.6 Å². The van der Waals surface area contributed by atoms with Crippen LogP contribution in [0.2, 0.25) is 0 Å². The number of alkyl carbamates (subject to hydrolysis) is 1. The predicted molar refractivity (Wildman–Crippen MR) is 192 cm³/mol. The van der Waals surface area contributed by atoms with Crippen LogP contribution in [0.3, 0.4) is 0 Å². The smallest absolute Gasteiger partial charge is 0.407 e. The summed E-state index contributed by atoms with van der Waals surface area (Å²) in [5, 5.41) is 9.88. The third-order valence-corrected chi connectivity index (χ3v) is 7.69. The van der Waals surface area contributed by atoms with E-state index in [4.69, 9.17) is 9.57 Å². The normalized spacial score (nSPS) is 12.3. The van der Waals surface area contributed by atoms with Crippen molar-refractivity contribution in [2.45, 2.75) is 129 Å². The number of carbonyl (C=O) groups is 4. The Morgan fingerprint density at radius 3 is 2.04 bits per heavy atom. The highest BCUT2D eigenvalue weighted by Gasteiger charge is 2.27. The molecule has 270 valence electrons. The van der Waals surface area contributed by atoms with E-state index in [1.165, 1.54) is 25.7 Å². The van der Waals surface area contributed by atoms with Gasteiger partial charge in [-0.3, -0.25) is 19.2 Å². The maximum absolute atomic E-state index is 13.6. The highest BCUT2D eigenvalue weighted by molar-refractivity contribution is 5.88. The number of carbonyl (C=O) groups excluding carboxylic acids is 4. The van der Waals surface area contributed by atoms with Gasteiger partial charge in [-0.1, -0.05) is 74.6 Å². The largest absolute Gasteiger partial charge is 0.444 e. The van der Waals surface area contributed by atoms with Gasteiger partial charge >= 0.3 is 6.09 Å². The molecule has 0 heterocycles. The average Bonchev–Trinajstić information content (AvgIpc) is 3.05. The van der Waals surface area contributed by atoms with Gasteiger partial charge in [-0.25, -0.2) is 9.86 Å². The molecule has 10 heteroatoms. The Bertz CT molecular complexity index is 1060. The molecule has 4 amide bonds. The first kappa shape index (κ1) is 42.4. The molecule has 0 aliphatic heterocycles. The number of ether oxygens (including phenoxy) is 1. The molecule has 3 N–H and O–H groups in total. The molecule has 0 aliphatic carbocycles. The van der Waals surface area contributed by atoms with Gasteiger partial charge in [0, 0.05) is 13.1 Å². The molecule has 0 aliphatic rings. The van der Waals surface area contributed by atoms with Gasteiger partial charge in [-0.05, 0) is 84.1 Å². The lowest BCUT2D eigenvalue weighted by Crippen LogP contribution is -2.50. The van der Waals surface area contributed by atoms with Crippen LogP contribution in [0.25, 0.3) is 0 Å². The minimum atomic E-state index is -0.749. The molecule has 10 nitrogen and oxygen atoms in total. The molecule has 0 bridgehead atoms. The summed E-state index contributed by atoms with van der Waals surface area (Å²) < 4.78 is 5.29. The van der Waals surface area contributed by atoms with Crippen molar-refractivity contribution in [3.8, 4) is 0 Å². The van der Waals surface area contributed by atoms with E-state index >= 15 is 0 Å². The van der Waals surface area contributed by atoms with Gasteiger partial charge in [0.1, 0.15) is 18.2 Å². The van der Waals surface area contributed by atoms with Crippen LogP contribution in [0.4, 0.5) is 4.79 Å². The average molecular weight is 671 g/mol. The second-order valence-corrected chi connectivity index (χ2v) is 13.2. The predicted octanol–water partition coefficient (Wildman–Crippen LogP) is 7.15. The Hall–Kier alpha value is -3.66. The van der Waals surface area contributed by atoms with Crippen LogP contribution in [0, 0.1) is 5.92 Å². The number of nitrogens with zero attached hydrogens (tertiary/aromatic N) is 1. The summed E-state index contributed by atoms with van der Waals surface area (Å²) in [7, 11) is 0. The molecular weight excluding hydrogens is 608 g/mol. The number of benzene rings is 1. The highest BCUT2D eigenvalue weighted by Crippen LogP contribution is 2.15. The van der Waals surface area contributed by atoms with Crippen molar-refractivity contribution in [1.29, 1.82) is 0 Å². The Morgan fingerprint density at radius 2 is 1.40 bits per heavy atom. The topological polar surface area (TPSA) is 126 Å². The van der Waals surface area contributed by atoms with E-state index in [9.17, 15) is 19.2 Å². The molecule has 0 unspecified atom stereocenters. The lowest BCUT2D eigenvalue weighted by atomic mass is 9.99. The molecule has 0 saturated heterocycles. The Kier molecular flexibility index (Phi) is 23.2. The fraction of sp³-hybridized carbons (Fsp3) is 0.632. The van der Waals surface area contributed by atoms with Gasteiger partial charge < -0.3 is 20.7 Å². The fourth-order valence-electron chi connectivity index (χ4n) is 5.06. The second kappa shape index (κ2) is 26.3. The van der Waals surface area contributed by atoms with E-state index in [1.807, 2.05) is 36.4 Å². The second-order valence-electron chi connectivity index (χ2n) is 13.2. The van der Waals surface area contributed by atoms with Crippen molar-refractivity contribution < 1.29 is 28.8 Å². The van der Waals surface area contributed by atoms with Gasteiger partial charge in [0.25, 0.3) is 0 Å². The van der Waals surface area contributed by atoms with Crippen molar-refractivity contribution >= 4 is 24.3 Å². The van der Waals surface area contributed by atoms with E-state index < -0.39 is 23.7 Å². The summed E-state index contributed by atoms with van der Waals surface area (Å²) in [6.07, 6.45) is 16.3. The maximum atomic E-state index is 13.6. The monoisotopic (exact) mass is 670 g/mol. The minimum absolute atomic E-state index is 0.0566. The van der Waals surface area contributed by atoms with Crippen molar-refractivity contribution in [1.82, 2.24) is 21.0 Å². The molecule has 1 rings (SSSR count). The first-order valence-electron chi connectivity index (χ1n) is 17.7. The zero-order chi connectivity index (χ0) is 35.5. The molecule has 0 saturated carbocycles. The van der Waals surface area contributed by atoms with Crippen LogP contribution >= 0.6 is 0 Å². The van der Waals surface area contributed by atoms with Crippen molar-refractivity contribution in [3.63, 3.8) is 0 Å². The zero-order valence-electron chi connectivity index (χ0n) is 29.8. The van der Waals surface area contributed by atoms with E-state index in [1.54, 1.807) is 26.8 Å². The summed E-state index contributed by atoms with van der Waals surface area (Å²) in [4.78, 5) is 56.6. The number of hydrogen-bond donors (Lipinski definition) is 3. The van der Waals surface area contributed by atoms with Gasteiger partial charge in [-0.2, -0.15) is 0 Å². The molecule has 0 aromatic heterocycles. The van der Waals surface area contributed by atoms with Gasteiger partial charge in [0.15, 0.2) is 0 Å². The fourth-order valence-corrected chi connectivity index (χ4v) is 5.06. The number of unbranched alkanes of at least 4 members (excludes halogenated alkanes) is 9. The van der Waals surface area contributed by atoms with Crippen molar-refractivity contribution in [2.75, 3.05) is 19.6 Å². The Labute approximate surface area is 289 Å². The third-order valence-electron chi connectivity index (χ3n) is 7.69. The Balaban J connectivity index is 2.78. The molecule has 1 aromatic carbocycles. The lowest BCUT2D eigenvalue weighted by molar-refractivity contribution is -0.182. The Morgan fingerprint density at radius 1 is 0.792 bits per heavy atom. The molecule has 0 spiro atoms. The highest BCUT2D eigenvalue weighted by atomic mass is 16.7. The quantitative estimate of drug-likeness (QED) is 0.0376. The summed E-state index contributed by atoms with van der Waals surface area (Å²) in [5.41, 5.74) is 0.315.